The Morgan fingerprint density at radius 2 is 2.28 bits per heavy atom. The number of aryl methyl sites for hydroxylation is 1. The molecule has 2 rings (SSSR count). The van der Waals surface area contributed by atoms with Gasteiger partial charge in [-0.3, -0.25) is 9.69 Å². The molecule has 1 aromatic rings. The lowest BCUT2D eigenvalue weighted by Gasteiger charge is -2.26. The van der Waals surface area contributed by atoms with Crippen molar-refractivity contribution < 1.29 is 9.32 Å². The van der Waals surface area contributed by atoms with Crippen LogP contribution < -0.4 is 10.6 Å². The molecule has 0 saturated carbocycles. The maximum atomic E-state index is 11.6. The molecule has 0 aromatic carbocycles. The van der Waals surface area contributed by atoms with Crippen LogP contribution >= 0.6 is 12.4 Å². The molecular formula is C11H19ClN4O2. The smallest absolute Gasteiger partial charge is 0.273 e. The number of aromatic nitrogens is 1. The number of nitrogens with one attached hydrogen (secondary N) is 2. The Hall–Kier alpha value is -1.11. The molecule has 1 amide bonds. The number of halogens is 1. The molecule has 0 unspecified atom stereocenters. The molecule has 18 heavy (non-hydrogen) atoms. The summed E-state index contributed by atoms with van der Waals surface area (Å²) >= 11 is 0. The molecule has 1 aliphatic rings. The topological polar surface area (TPSA) is 70.4 Å². The van der Waals surface area contributed by atoms with Crippen LogP contribution in [-0.4, -0.2) is 55.2 Å². The number of carbonyl (C=O) groups excluding carboxylic acids is 1. The van der Waals surface area contributed by atoms with E-state index in [1.165, 1.54) is 0 Å². The molecule has 102 valence electrons. The zero-order chi connectivity index (χ0) is 12.1. The lowest BCUT2D eigenvalue weighted by molar-refractivity contribution is 0.0938. The van der Waals surface area contributed by atoms with Gasteiger partial charge in [0.1, 0.15) is 5.76 Å². The van der Waals surface area contributed by atoms with Crippen molar-refractivity contribution in [2.45, 2.75) is 6.92 Å². The van der Waals surface area contributed by atoms with Crippen molar-refractivity contribution in [1.29, 1.82) is 0 Å². The van der Waals surface area contributed by atoms with E-state index in [0.29, 0.717) is 18.0 Å². The Morgan fingerprint density at radius 3 is 2.89 bits per heavy atom. The summed E-state index contributed by atoms with van der Waals surface area (Å²) < 4.78 is 4.85. The van der Waals surface area contributed by atoms with E-state index in [2.05, 4.69) is 20.7 Å². The average molecular weight is 275 g/mol. The van der Waals surface area contributed by atoms with Crippen LogP contribution in [0.25, 0.3) is 0 Å². The van der Waals surface area contributed by atoms with Crippen LogP contribution in [0.5, 0.6) is 0 Å². The summed E-state index contributed by atoms with van der Waals surface area (Å²) in [6.45, 7) is 7.42. The van der Waals surface area contributed by atoms with E-state index in [-0.39, 0.29) is 18.3 Å². The van der Waals surface area contributed by atoms with Gasteiger partial charge in [-0.05, 0) is 6.92 Å². The Kier molecular flexibility index (Phi) is 6.11. The van der Waals surface area contributed by atoms with Gasteiger partial charge >= 0.3 is 0 Å². The second-order valence-electron chi connectivity index (χ2n) is 4.17. The molecule has 6 nitrogen and oxygen atoms in total. The molecular weight excluding hydrogens is 256 g/mol. The maximum absolute atomic E-state index is 11.6. The normalized spacial score (nSPS) is 16.1. The average Bonchev–Trinajstić information content (AvgIpc) is 2.77. The quantitative estimate of drug-likeness (QED) is 0.811. The van der Waals surface area contributed by atoms with Crippen molar-refractivity contribution in [2.75, 3.05) is 39.3 Å². The van der Waals surface area contributed by atoms with Crippen molar-refractivity contribution >= 4 is 18.3 Å². The van der Waals surface area contributed by atoms with Gasteiger partial charge in [-0.2, -0.15) is 0 Å². The minimum absolute atomic E-state index is 0. The maximum Gasteiger partial charge on any atom is 0.273 e. The molecule has 1 fully saturated rings. The summed E-state index contributed by atoms with van der Waals surface area (Å²) in [7, 11) is 0. The van der Waals surface area contributed by atoms with E-state index < -0.39 is 0 Å². The largest absolute Gasteiger partial charge is 0.361 e. The van der Waals surface area contributed by atoms with Crippen LogP contribution in [0.3, 0.4) is 0 Å². The van der Waals surface area contributed by atoms with Crippen molar-refractivity contribution in [1.82, 2.24) is 20.7 Å². The first-order chi connectivity index (χ1) is 8.25. The number of hydrogen-bond acceptors (Lipinski definition) is 5. The zero-order valence-electron chi connectivity index (χ0n) is 10.4. The first-order valence-electron chi connectivity index (χ1n) is 5.90. The van der Waals surface area contributed by atoms with Gasteiger partial charge in [0, 0.05) is 45.3 Å². The van der Waals surface area contributed by atoms with Crippen molar-refractivity contribution in [3.8, 4) is 0 Å². The Labute approximate surface area is 112 Å². The third-order valence-corrected chi connectivity index (χ3v) is 2.78. The van der Waals surface area contributed by atoms with Gasteiger partial charge in [0.2, 0.25) is 0 Å². The molecule has 7 heteroatoms. The predicted molar refractivity (Wildman–Crippen MR) is 70.1 cm³/mol. The zero-order valence-corrected chi connectivity index (χ0v) is 11.3. The molecule has 0 radical (unpaired) electrons. The fourth-order valence-electron chi connectivity index (χ4n) is 1.83. The fourth-order valence-corrected chi connectivity index (χ4v) is 1.83. The standard InChI is InChI=1S/C11H18N4O2.ClH/c1-9-8-10(14-17-9)11(16)13-4-7-15-5-2-12-3-6-15;/h8,12H,2-7H2,1H3,(H,13,16);1H. The van der Waals surface area contributed by atoms with E-state index in [0.717, 1.165) is 32.7 Å². The first-order valence-corrected chi connectivity index (χ1v) is 5.90. The summed E-state index contributed by atoms with van der Waals surface area (Å²) in [6.07, 6.45) is 0. The third-order valence-electron chi connectivity index (χ3n) is 2.78. The Morgan fingerprint density at radius 1 is 1.56 bits per heavy atom. The van der Waals surface area contributed by atoms with Crippen molar-refractivity contribution in [2.24, 2.45) is 0 Å². The van der Waals surface area contributed by atoms with Crippen LogP contribution in [0.15, 0.2) is 10.6 Å². The van der Waals surface area contributed by atoms with Gasteiger partial charge in [-0.15, -0.1) is 12.4 Å². The number of hydrogen-bond donors (Lipinski definition) is 2. The summed E-state index contributed by atoms with van der Waals surface area (Å²) in [5, 5.41) is 9.80. The van der Waals surface area contributed by atoms with Gasteiger partial charge < -0.3 is 15.2 Å². The highest BCUT2D eigenvalue weighted by Crippen LogP contribution is 2.00. The van der Waals surface area contributed by atoms with Gasteiger partial charge in [-0.25, -0.2) is 0 Å². The van der Waals surface area contributed by atoms with Crippen LogP contribution in [0.1, 0.15) is 16.2 Å². The van der Waals surface area contributed by atoms with Crippen LogP contribution in [0.4, 0.5) is 0 Å². The van der Waals surface area contributed by atoms with Crippen molar-refractivity contribution in [3.63, 3.8) is 0 Å². The minimum Gasteiger partial charge on any atom is -0.361 e. The van der Waals surface area contributed by atoms with E-state index in [9.17, 15) is 4.79 Å². The summed E-state index contributed by atoms with van der Waals surface area (Å²) in [5.41, 5.74) is 0.350. The number of rotatable bonds is 4. The molecule has 0 aliphatic carbocycles. The van der Waals surface area contributed by atoms with E-state index in [4.69, 9.17) is 4.52 Å². The van der Waals surface area contributed by atoms with Crippen LogP contribution in [-0.2, 0) is 0 Å². The molecule has 1 aliphatic heterocycles. The van der Waals surface area contributed by atoms with Crippen LogP contribution in [0.2, 0.25) is 0 Å². The minimum atomic E-state index is -0.169. The van der Waals surface area contributed by atoms with Gasteiger partial charge in [0.25, 0.3) is 5.91 Å². The van der Waals surface area contributed by atoms with Crippen molar-refractivity contribution in [3.05, 3.63) is 17.5 Å². The highest BCUT2D eigenvalue weighted by molar-refractivity contribution is 5.92. The monoisotopic (exact) mass is 274 g/mol. The van der Waals surface area contributed by atoms with Gasteiger partial charge in [-0.1, -0.05) is 5.16 Å². The Balaban J connectivity index is 0.00000162. The van der Waals surface area contributed by atoms with Gasteiger partial charge in [0.15, 0.2) is 5.69 Å². The highest BCUT2D eigenvalue weighted by atomic mass is 35.5. The molecule has 2 heterocycles. The number of nitrogens with zero attached hydrogens (tertiary/aromatic N) is 2. The molecule has 0 spiro atoms. The first kappa shape index (κ1) is 14.9. The van der Waals surface area contributed by atoms with E-state index >= 15 is 0 Å². The number of piperazine rings is 1. The van der Waals surface area contributed by atoms with Crippen LogP contribution in [0, 0.1) is 6.92 Å². The lowest BCUT2D eigenvalue weighted by atomic mass is 10.3. The lowest BCUT2D eigenvalue weighted by Crippen LogP contribution is -2.46. The number of amides is 1. The highest BCUT2D eigenvalue weighted by Gasteiger charge is 2.12. The molecule has 0 bridgehead atoms. The Bertz CT molecular complexity index is 377. The summed E-state index contributed by atoms with van der Waals surface area (Å²) in [5.74, 6) is 0.481. The number of carbonyl (C=O) groups is 1. The third kappa shape index (κ3) is 4.29. The van der Waals surface area contributed by atoms with E-state index in [1.54, 1.807) is 13.0 Å². The predicted octanol–water partition coefficient (Wildman–Crippen LogP) is 0.0398. The molecule has 1 aromatic heterocycles. The SMILES string of the molecule is Cc1cc(C(=O)NCCN2CCNCC2)no1.Cl. The summed E-state index contributed by atoms with van der Waals surface area (Å²) in [4.78, 5) is 14.0. The second kappa shape index (κ2) is 7.35. The second-order valence-corrected chi connectivity index (χ2v) is 4.17. The van der Waals surface area contributed by atoms with Gasteiger partial charge in [0.05, 0.1) is 0 Å². The van der Waals surface area contributed by atoms with E-state index in [1.807, 2.05) is 0 Å². The molecule has 1 saturated heterocycles. The fraction of sp³-hybridized carbons (Fsp3) is 0.636. The molecule has 2 N–H and O–H groups in total. The summed E-state index contributed by atoms with van der Waals surface area (Å²) in [6, 6.07) is 1.64. The molecule has 0 atom stereocenters.